The lowest BCUT2D eigenvalue weighted by Gasteiger charge is -2.10. The molecule has 0 unspecified atom stereocenters. The van der Waals surface area contributed by atoms with Gasteiger partial charge in [0.15, 0.2) is 0 Å². The van der Waals surface area contributed by atoms with Gasteiger partial charge < -0.3 is 14.8 Å². The van der Waals surface area contributed by atoms with E-state index >= 15 is 0 Å². The summed E-state index contributed by atoms with van der Waals surface area (Å²) in [5, 5.41) is 14.0. The van der Waals surface area contributed by atoms with Crippen LogP contribution in [-0.2, 0) is 11.2 Å². The molecule has 106 valence electrons. The van der Waals surface area contributed by atoms with E-state index in [1.54, 1.807) is 0 Å². The quantitative estimate of drug-likeness (QED) is 0.433. The second-order valence-electron chi connectivity index (χ2n) is 3.62. The molecule has 19 heavy (non-hydrogen) atoms. The highest BCUT2D eigenvalue weighted by Crippen LogP contribution is 2.31. The molecule has 1 aromatic heterocycles. The third kappa shape index (κ3) is 4.02. The van der Waals surface area contributed by atoms with Gasteiger partial charge in [0, 0.05) is 20.1 Å². The summed E-state index contributed by atoms with van der Waals surface area (Å²) < 4.78 is 10.2. The van der Waals surface area contributed by atoms with E-state index in [1.807, 2.05) is 13.8 Å². The molecule has 1 N–H and O–H groups in total. The number of nitrogens with zero attached hydrogens (tertiary/aromatic N) is 3. The Morgan fingerprint density at radius 2 is 2.05 bits per heavy atom. The summed E-state index contributed by atoms with van der Waals surface area (Å²) in [5.74, 6) is 0.658. The van der Waals surface area contributed by atoms with Crippen molar-refractivity contribution in [3.05, 3.63) is 15.9 Å². The van der Waals surface area contributed by atoms with Crippen molar-refractivity contribution in [1.29, 1.82) is 0 Å². The Morgan fingerprint density at radius 1 is 1.32 bits per heavy atom. The van der Waals surface area contributed by atoms with Crippen LogP contribution in [-0.4, -0.2) is 41.8 Å². The third-order valence-electron chi connectivity index (χ3n) is 2.27. The van der Waals surface area contributed by atoms with Crippen molar-refractivity contribution in [2.45, 2.75) is 20.3 Å². The molecule has 0 saturated heterocycles. The summed E-state index contributed by atoms with van der Waals surface area (Å²) in [6.45, 7) is 4.76. The molecule has 0 spiro atoms. The average Bonchev–Trinajstić information content (AvgIpc) is 2.38. The van der Waals surface area contributed by atoms with Gasteiger partial charge in [-0.1, -0.05) is 6.92 Å². The van der Waals surface area contributed by atoms with Crippen molar-refractivity contribution in [3.63, 3.8) is 0 Å². The van der Waals surface area contributed by atoms with Crippen molar-refractivity contribution in [1.82, 2.24) is 9.97 Å². The predicted molar refractivity (Wildman–Crippen MR) is 69.6 cm³/mol. The summed E-state index contributed by atoms with van der Waals surface area (Å²) in [4.78, 5) is 18.8. The van der Waals surface area contributed by atoms with E-state index < -0.39 is 4.92 Å². The minimum atomic E-state index is -0.542. The molecule has 1 heterocycles. The standard InChI is InChI=1S/C11H18N4O4/c1-4-8-13-10(12-5-2)9(15(16)17)11(14-8)19-7-6-18-3/h4-7H2,1-3H3,(H,12,13,14). The number of hydrogen-bond acceptors (Lipinski definition) is 7. The van der Waals surface area contributed by atoms with Crippen molar-refractivity contribution >= 4 is 11.5 Å². The van der Waals surface area contributed by atoms with Crippen LogP contribution in [0.5, 0.6) is 5.88 Å². The molecule has 0 bridgehead atoms. The maximum Gasteiger partial charge on any atom is 0.372 e. The first-order chi connectivity index (χ1) is 9.13. The number of nitro groups is 1. The molecule has 0 fully saturated rings. The number of anilines is 1. The first-order valence-electron chi connectivity index (χ1n) is 6.04. The fourth-order valence-electron chi connectivity index (χ4n) is 1.41. The lowest BCUT2D eigenvalue weighted by atomic mass is 10.4. The zero-order valence-electron chi connectivity index (χ0n) is 11.3. The largest absolute Gasteiger partial charge is 0.470 e. The number of rotatable bonds is 8. The van der Waals surface area contributed by atoms with E-state index in [-0.39, 0.29) is 24.0 Å². The molecule has 0 aliphatic rings. The second kappa shape index (κ2) is 7.47. The van der Waals surface area contributed by atoms with Crippen LogP contribution in [0.25, 0.3) is 0 Å². The maximum atomic E-state index is 11.1. The Hall–Kier alpha value is -1.96. The summed E-state index contributed by atoms with van der Waals surface area (Å²) >= 11 is 0. The highest BCUT2D eigenvalue weighted by molar-refractivity contribution is 5.61. The molecule has 0 aromatic carbocycles. The Labute approximate surface area is 111 Å². The van der Waals surface area contributed by atoms with E-state index in [9.17, 15) is 10.1 Å². The number of aryl methyl sites for hydroxylation is 1. The van der Waals surface area contributed by atoms with Crippen molar-refractivity contribution in [2.75, 3.05) is 32.2 Å². The van der Waals surface area contributed by atoms with Crippen LogP contribution >= 0.6 is 0 Å². The van der Waals surface area contributed by atoms with E-state index in [0.29, 0.717) is 25.4 Å². The molecule has 0 amide bonds. The van der Waals surface area contributed by atoms with Crippen LogP contribution in [0, 0.1) is 10.1 Å². The van der Waals surface area contributed by atoms with E-state index in [2.05, 4.69) is 15.3 Å². The van der Waals surface area contributed by atoms with Crippen molar-refractivity contribution < 1.29 is 14.4 Å². The van der Waals surface area contributed by atoms with Gasteiger partial charge in [0.05, 0.1) is 11.5 Å². The van der Waals surface area contributed by atoms with Gasteiger partial charge in [-0.2, -0.15) is 4.98 Å². The lowest BCUT2D eigenvalue weighted by Crippen LogP contribution is -2.12. The summed E-state index contributed by atoms with van der Waals surface area (Å²) in [5.41, 5.74) is -0.241. The molecule has 8 nitrogen and oxygen atoms in total. The number of methoxy groups -OCH3 is 1. The number of hydrogen-bond donors (Lipinski definition) is 1. The van der Waals surface area contributed by atoms with Gasteiger partial charge in [-0.15, -0.1) is 0 Å². The van der Waals surface area contributed by atoms with Gasteiger partial charge in [-0.25, -0.2) is 4.98 Å². The van der Waals surface area contributed by atoms with Gasteiger partial charge in [-0.05, 0) is 6.92 Å². The lowest BCUT2D eigenvalue weighted by molar-refractivity contribution is -0.385. The molecule has 1 aromatic rings. The summed E-state index contributed by atoms with van der Waals surface area (Å²) in [7, 11) is 1.53. The molecular formula is C11H18N4O4. The van der Waals surface area contributed by atoms with Gasteiger partial charge in [0.25, 0.3) is 5.88 Å². The number of nitrogens with one attached hydrogen (secondary N) is 1. The zero-order valence-corrected chi connectivity index (χ0v) is 11.3. The van der Waals surface area contributed by atoms with Crippen molar-refractivity contribution in [3.8, 4) is 5.88 Å². The van der Waals surface area contributed by atoms with Gasteiger partial charge in [0.2, 0.25) is 5.82 Å². The zero-order chi connectivity index (χ0) is 14.3. The van der Waals surface area contributed by atoms with Gasteiger partial charge in [0.1, 0.15) is 12.4 Å². The van der Waals surface area contributed by atoms with Crippen molar-refractivity contribution in [2.24, 2.45) is 0 Å². The normalized spacial score (nSPS) is 10.3. The fraction of sp³-hybridized carbons (Fsp3) is 0.636. The highest BCUT2D eigenvalue weighted by Gasteiger charge is 2.25. The van der Waals surface area contributed by atoms with Crippen LogP contribution in [0.3, 0.4) is 0 Å². The Morgan fingerprint density at radius 3 is 2.58 bits per heavy atom. The van der Waals surface area contributed by atoms with Gasteiger partial charge >= 0.3 is 5.69 Å². The van der Waals surface area contributed by atoms with E-state index in [0.717, 1.165) is 0 Å². The summed E-state index contributed by atoms with van der Waals surface area (Å²) in [6, 6.07) is 0. The van der Waals surface area contributed by atoms with Crippen LogP contribution in [0.2, 0.25) is 0 Å². The molecule has 8 heteroatoms. The monoisotopic (exact) mass is 270 g/mol. The molecule has 0 aliphatic carbocycles. The van der Waals surface area contributed by atoms with Crippen LogP contribution in [0.1, 0.15) is 19.7 Å². The number of aromatic nitrogens is 2. The predicted octanol–water partition coefficient (Wildman–Crippen LogP) is 1.40. The Balaban J connectivity index is 3.14. The SMILES string of the molecule is CCNc1nc(CC)nc(OCCOC)c1[N+](=O)[O-]. The minimum Gasteiger partial charge on any atom is -0.470 e. The minimum absolute atomic E-state index is 0.0233. The van der Waals surface area contributed by atoms with Crippen LogP contribution in [0.15, 0.2) is 0 Å². The topological polar surface area (TPSA) is 99.4 Å². The second-order valence-corrected chi connectivity index (χ2v) is 3.62. The molecular weight excluding hydrogens is 252 g/mol. The summed E-state index contributed by atoms with van der Waals surface area (Å²) in [6.07, 6.45) is 0.566. The molecule has 0 aliphatic heterocycles. The number of ether oxygens (including phenoxy) is 2. The third-order valence-corrected chi connectivity index (χ3v) is 2.27. The van der Waals surface area contributed by atoms with Crippen LogP contribution < -0.4 is 10.1 Å². The Kier molecular flexibility index (Phi) is 5.94. The first kappa shape index (κ1) is 15.1. The van der Waals surface area contributed by atoms with E-state index in [1.165, 1.54) is 7.11 Å². The average molecular weight is 270 g/mol. The van der Waals surface area contributed by atoms with E-state index in [4.69, 9.17) is 9.47 Å². The van der Waals surface area contributed by atoms with Gasteiger partial charge in [-0.3, -0.25) is 10.1 Å². The maximum absolute atomic E-state index is 11.1. The fourth-order valence-corrected chi connectivity index (χ4v) is 1.41. The molecule has 0 saturated carbocycles. The molecule has 1 rings (SSSR count). The molecule has 0 radical (unpaired) electrons. The molecule has 0 atom stereocenters. The highest BCUT2D eigenvalue weighted by atomic mass is 16.6. The Bertz CT molecular complexity index is 439. The first-order valence-corrected chi connectivity index (χ1v) is 6.04. The van der Waals surface area contributed by atoms with Crippen LogP contribution in [0.4, 0.5) is 11.5 Å². The smallest absolute Gasteiger partial charge is 0.372 e.